The fourth-order valence-corrected chi connectivity index (χ4v) is 4.89. The summed E-state index contributed by atoms with van der Waals surface area (Å²) in [4.78, 5) is 39.1. The Kier molecular flexibility index (Phi) is 9.77. The second-order valence-corrected chi connectivity index (χ2v) is 8.31. The third-order valence-corrected chi connectivity index (χ3v) is 6.33. The SMILES string of the molecule is CCOC(=O)[C@H](CCc1ccccc1)N[C@@H](C)C(=O)N1[C@H](C(=O)O)C[C@@H]2CCC[C@@H]21.[H-].[H-].[Mg+2]. The number of aliphatic carboxylic acids is 1. The van der Waals surface area contributed by atoms with Gasteiger partial charge in [-0.3, -0.25) is 14.9 Å². The number of likely N-dealkylation sites (tertiary alicyclic amines) is 1. The Morgan fingerprint density at radius 2 is 1.97 bits per heavy atom. The van der Waals surface area contributed by atoms with E-state index in [4.69, 9.17) is 4.74 Å². The molecule has 1 heterocycles. The Hall–Kier alpha value is -1.64. The Bertz CT molecular complexity index is 770. The van der Waals surface area contributed by atoms with E-state index in [1.165, 1.54) is 0 Å². The number of carbonyl (C=O) groups is 3. The van der Waals surface area contributed by atoms with Gasteiger partial charge in [0.2, 0.25) is 5.91 Å². The summed E-state index contributed by atoms with van der Waals surface area (Å²) in [6.45, 7) is 3.72. The molecule has 2 N–H and O–H groups in total. The van der Waals surface area contributed by atoms with Gasteiger partial charge in [0.25, 0.3) is 0 Å². The molecule has 7 nitrogen and oxygen atoms in total. The van der Waals surface area contributed by atoms with Gasteiger partial charge in [-0.05, 0) is 57.4 Å². The summed E-state index contributed by atoms with van der Waals surface area (Å²) in [5, 5.41) is 12.8. The molecule has 0 aromatic heterocycles. The van der Waals surface area contributed by atoms with Crippen molar-refractivity contribution in [2.24, 2.45) is 5.92 Å². The number of nitrogens with zero attached hydrogens (tertiary/aromatic N) is 1. The summed E-state index contributed by atoms with van der Waals surface area (Å²) in [5.74, 6) is -1.31. The number of fused-ring (bicyclic) bond motifs is 1. The molecule has 0 unspecified atom stereocenters. The van der Waals surface area contributed by atoms with Gasteiger partial charge < -0.3 is 17.6 Å². The minimum absolute atomic E-state index is 0. The number of hydrogen-bond donors (Lipinski definition) is 2. The number of nitrogens with one attached hydrogen (secondary N) is 1. The van der Waals surface area contributed by atoms with Crippen LogP contribution >= 0.6 is 0 Å². The van der Waals surface area contributed by atoms with Crippen LogP contribution in [0, 0.1) is 5.92 Å². The molecule has 2 aliphatic rings. The van der Waals surface area contributed by atoms with Crippen molar-refractivity contribution in [3.63, 3.8) is 0 Å². The first-order valence-electron chi connectivity index (χ1n) is 10.9. The van der Waals surface area contributed by atoms with Gasteiger partial charge >= 0.3 is 35.0 Å². The zero-order valence-electron chi connectivity index (χ0n) is 20.5. The fourth-order valence-electron chi connectivity index (χ4n) is 4.89. The topological polar surface area (TPSA) is 95.9 Å². The van der Waals surface area contributed by atoms with Gasteiger partial charge in [-0.25, -0.2) is 4.79 Å². The number of rotatable bonds is 9. The second-order valence-electron chi connectivity index (χ2n) is 8.31. The molecule has 0 spiro atoms. The molecule has 1 aromatic rings. The fraction of sp³-hybridized carbons (Fsp3) is 0.609. The average Bonchev–Trinajstić information content (AvgIpc) is 3.32. The maximum absolute atomic E-state index is 13.2. The number of benzene rings is 1. The Morgan fingerprint density at radius 1 is 1.26 bits per heavy atom. The van der Waals surface area contributed by atoms with Gasteiger partial charge in [-0.15, -0.1) is 0 Å². The Balaban J connectivity index is 0.00000341. The van der Waals surface area contributed by atoms with Gasteiger partial charge in [-0.1, -0.05) is 36.8 Å². The first kappa shape index (κ1) is 25.6. The van der Waals surface area contributed by atoms with E-state index in [1.54, 1.807) is 18.7 Å². The summed E-state index contributed by atoms with van der Waals surface area (Å²) < 4.78 is 5.21. The second kappa shape index (κ2) is 11.8. The third kappa shape index (κ3) is 6.20. The van der Waals surface area contributed by atoms with E-state index in [-0.39, 0.29) is 56.3 Å². The van der Waals surface area contributed by atoms with Crippen LogP contribution in [-0.2, 0) is 25.5 Å². The van der Waals surface area contributed by atoms with E-state index >= 15 is 0 Å². The maximum atomic E-state index is 13.2. The summed E-state index contributed by atoms with van der Waals surface area (Å²) in [5.41, 5.74) is 1.10. The van der Waals surface area contributed by atoms with E-state index < -0.39 is 24.1 Å². The largest absolute Gasteiger partial charge is 2.00 e. The monoisotopic (exact) mass is 442 g/mol. The van der Waals surface area contributed by atoms with Gasteiger partial charge in [-0.2, -0.15) is 0 Å². The number of aryl methyl sites for hydroxylation is 1. The first-order valence-corrected chi connectivity index (χ1v) is 10.9. The average molecular weight is 443 g/mol. The van der Waals surface area contributed by atoms with E-state index in [2.05, 4.69) is 5.32 Å². The molecule has 3 rings (SSSR count). The van der Waals surface area contributed by atoms with E-state index in [0.29, 0.717) is 19.3 Å². The van der Waals surface area contributed by atoms with Crippen LogP contribution in [0.5, 0.6) is 0 Å². The number of esters is 1. The van der Waals surface area contributed by atoms with Crippen molar-refractivity contribution in [1.29, 1.82) is 0 Å². The molecule has 5 atom stereocenters. The third-order valence-electron chi connectivity index (χ3n) is 6.33. The molecule has 31 heavy (non-hydrogen) atoms. The molecule has 1 aliphatic carbocycles. The predicted molar refractivity (Wildman–Crippen MR) is 120 cm³/mol. The number of carboxylic acid groups (broad SMARTS) is 1. The van der Waals surface area contributed by atoms with E-state index in [1.807, 2.05) is 30.3 Å². The van der Waals surface area contributed by atoms with Crippen molar-refractivity contribution in [3.05, 3.63) is 35.9 Å². The van der Waals surface area contributed by atoms with E-state index in [0.717, 1.165) is 24.8 Å². The van der Waals surface area contributed by atoms with Gasteiger partial charge in [0.1, 0.15) is 12.1 Å². The minimum Gasteiger partial charge on any atom is -1.00 e. The van der Waals surface area contributed by atoms with Crippen LogP contribution in [0.1, 0.15) is 54.4 Å². The zero-order valence-corrected chi connectivity index (χ0v) is 19.9. The van der Waals surface area contributed by atoms with Crippen molar-refractivity contribution in [2.75, 3.05) is 6.61 Å². The summed E-state index contributed by atoms with van der Waals surface area (Å²) in [6, 6.07) is 7.76. The van der Waals surface area contributed by atoms with Crippen molar-refractivity contribution in [2.45, 2.75) is 76.5 Å². The van der Waals surface area contributed by atoms with Gasteiger partial charge in [0.15, 0.2) is 0 Å². The Labute approximate surface area is 203 Å². The molecule has 1 saturated carbocycles. The normalized spacial score (nSPS) is 24.1. The first-order chi connectivity index (χ1) is 14.4. The molecule has 168 valence electrons. The van der Waals surface area contributed by atoms with Crippen LogP contribution in [0.4, 0.5) is 0 Å². The van der Waals surface area contributed by atoms with E-state index in [9.17, 15) is 19.5 Å². The summed E-state index contributed by atoms with van der Waals surface area (Å²) in [6.07, 6.45) is 4.54. The van der Waals surface area contributed by atoms with Crippen LogP contribution in [0.25, 0.3) is 0 Å². The molecule has 0 bridgehead atoms. The molecular weight excluding hydrogens is 409 g/mol. The quantitative estimate of drug-likeness (QED) is 0.450. The molecular formula is C23H34MgN2O5. The maximum Gasteiger partial charge on any atom is 2.00 e. The number of ether oxygens (including phenoxy) is 1. The van der Waals surface area contributed by atoms with Gasteiger partial charge in [0, 0.05) is 6.04 Å². The van der Waals surface area contributed by atoms with Crippen LogP contribution < -0.4 is 5.32 Å². The van der Waals surface area contributed by atoms with Crippen LogP contribution in [-0.4, -0.2) is 81.7 Å². The predicted octanol–water partition coefficient (Wildman–Crippen LogP) is 2.23. The summed E-state index contributed by atoms with van der Waals surface area (Å²) >= 11 is 0. The molecule has 1 aromatic carbocycles. The number of carboxylic acids is 1. The standard InChI is InChI=1S/C23H32N2O5.Mg.2H/c1-3-30-23(29)18(13-12-16-8-5-4-6-9-16)24-15(2)21(26)25-19-11-7-10-17(19)14-20(25)22(27)28;;;/h4-6,8-9,15,17-20,24H,3,7,10-14H2,1-2H3,(H,27,28);;;/q;+2;2*-1/t15-,17-,18-,19-,20-;;;/m0.../s1. The molecule has 0 radical (unpaired) electrons. The van der Waals surface area contributed by atoms with Crippen molar-refractivity contribution >= 4 is 40.9 Å². The Morgan fingerprint density at radius 3 is 2.61 bits per heavy atom. The molecule has 2 fully saturated rings. The molecule has 1 aliphatic heterocycles. The van der Waals surface area contributed by atoms with Crippen LogP contribution in [0.2, 0.25) is 0 Å². The van der Waals surface area contributed by atoms with Crippen LogP contribution in [0.3, 0.4) is 0 Å². The molecule has 1 saturated heterocycles. The number of carbonyl (C=O) groups excluding carboxylic acids is 2. The smallest absolute Gasteiger partial charge is 1.00 e. The zero-order chi connectivity index (χ0) is 21.7. The molecule has 8 heteroatoms. The number of amides is 1. The van der Waals surface area contributed by atoms with Gasteiger partial charge in [0.05, 0.1) is 12.6 Å². The summed E-state index contributed by atoms with van der Waals surface area (Å²) in [7, 11) is 0. The van der Waals surface area contributed by atoms with Crippen molar-refractivity contribution in [3.8, 4) is 0 Å². The van der Waals surface area contributed by atoms with Crippen molar-refractivity contribution in [1.82, 2.24) is 10.2 Å². The minimum atomic E-state index is -0.948. The van der Waals surface area contributed by atoms with Crippen molar-refractivity contribution < 1.29 is 27.1 Å². The van der Waals surface area contributed by atoms with Crippen LogP contribution in [0.15, 0.2) is 30.3 Å². The number of hydrogen-bond acceptors (Lipinski definition) is 5. The molecule has 1 amide bonds.